The fourth-order valence-corrected chi connectivity index (χ4v) is 4.42. The van der Waals surface area contributed by atoms with Crippen molar-refractivity contribution in [3.05, 3.63) is 100 Å². The topological polar surface area (TPSA) is 88.6 Å². The van der Waals surface area contributed by atoms with Crippen molar-refractivity contribution in [2.75, 3.05) is 0 Å². The van der Waals surface area contributed by atoms with Gasteiger partial charge in [0.25, 0.3) is 5.56 Å². The zero-order valence-electron chi connectivity index (χ0n) is 15.4. The van der Waals surface area contributed by atoms with Crippen molar-refractivity contribution in [3.63, 3.8) is 0 Å². The third-order valence-electron chi connectivity index (χ3n) is 4.83. The van der Waals surface area contributed by atoms with E-state index in [0.29, 0.717) is 28.3 Å². The molecule has 7 heteroatoms. The van der Waals surface area contributed by atoms with Gasteiger partial charge in [0, 0.05) is 16.5 Å². The Kier molecular flexibility index (Phi) is 4.59. The molecule has 4 heterocycles. The molecular formula is C22H18N3O3S+. The second-order valence-corrected chi connectivity index (χ2v) is 7.52. The maximum atomic E-state index is 12.8. The Morgan fingerprint density at radius 2 is 1.86 bits per heavy atom. The molecule has 144 valence electrons. The lowest BCUT2D eigenvalue weighted by Crippen LogP contribution is -2.84. The maximum absolute atomic E-state index is 12.8. The van der Waals surface area contributed by atoms with E-state index in [9.17, 15) is 4.79 Å². The lowest BCUT2D eigenvalue weighted by molar-refractivity contribution is -0.705. The van der Waals surface area contributed by atoms with Crippen LogP contribution in [0.25, 0.3) is 21.5 Å². The number of benzene rings is 1. The molecule has 1 atom stereocenters. The van der Waals surface area contributed by atoms with Gasteiger partial charge in [-0.15, -0.1) is 11.3 Å². The molecule has 0 fully saturated rings. The van der Waals surface area contributed by atoms with Gasteiger partial charge in [-0.3, -0.25) is 4.79 Å². The predicted molar refractivity (Wildman–Crippen MR) is 111 cm³/mol. The molecule has 0 unspecified atom stereocenters. The molecule has 0 radical (unpaired) electrons. The normalized spacial score (nSPS) is 12.4. The van der Waals surface area contributed by atoms with Crippen LogP contribution in [0.4, 0.5) is 0 Å². The Labute approximate surface area is 169 Å². The summed E-state index contributed by atoms with van der Waals surface area (Å²) in [5.74, 6) is 2.16. The van der Waals surface area contributed by atoms with Crippen LogP contribution < -0.4 is 10.9 Å². The molecule has 29 heavy (non-hydrogen) atoms. The number of nitrogens with two attached hydrogens (primary N) is 1. The van der Waals surface area contributed by atoms with Crippen molar-refractivity contribution in [2.45, 2.75) is 12.6 Å². The van der Waals surface area contributed by atoms with Crippen LogP contribution in [0.1, 0.15) is 23.2 Å². The molecular weight excluding hydrogens is 386 g/mol. The third-order valence-corrected chi connectivity index (χ3v) is 5.71. The second-order valence-electron chi connectivity index (χ2n) is 6.66. The zero-order chi connectivity index (χ0) is 19.6. The van der Waals surface area contributed by atoms with Crippen molar-refractivity contribution in [2.24, 2.45) is 0 Å². The van der Waals surface area contributed by atoms with Crippen LogP contribution in [-0.4, -0.2) is 9.97 Å². The predicted octanol–water partition coefficient (Wildman–Crippen LogP) is 3.69. The number of thiophene rings is 1. The minimum Gasteiger partial charge on any atom is -0.464 e. The van der Waals surface area contributed by atoms with Crippen LogP contribution >= 0.6 is 11.3 Å². The number of H-pyrrole nitrogens is 1. The van der Waals surface area contributed by atoms with E-state index < -0.39 is 0 Å². The number of nitrogens with one attached hydrogen (secondary N) is 1. The molecule has 5 rings (SSSR count). The van der Waals surface area contributed by atoms with E-state index in [1.165, 1.54) is 11.3 Å². The summed E-state index contributed by atoms with van der Waals surface area (Å²) >= 11 is 1.45. The minimum atomic E-state index is -0.152. The van der Waals surface area contributed by atoms with Crippen LogP contribution in [-0.2, 0) is 6.54 Å². The molecule has 0 aliphatic carbocycles. The van der Waals surface area contributed by atoms with Gasteiger partial charge in [0.1, 0.15) is 17.1 Å². The Balaban J connectivity index is 1.45. The number of quaternary nitrogens is 1. The van der Waals surface area contributed by atoms with Gasteiger partial charge in [-0.25, -0.2) is 4.98 Å². The van der Waals surface area contributed by atoms with Gasteiger partial charge < -0.3 is 19.1 Å². The first-order valence-electron chi connectivity index (χ1n) is 9.25. The van der Waals surface area contributed by atoms with Crippen LogP contribution in [0.3, 0.4) is 0 Å². The van der Waals surface area contributed by atoms with Gasteiger partial charge in [-0.05, 0) is 24.3 Å². The first kappa shape index (κ1) is 17.7. The molecule has 0 aliphatic heterocycles. The standard InChI is InChI=1S/C22H17N3O3S/c26-21-19-15(16-8-4-10-27-16)13-29-22(19)25-18(24-21)12-23-20(17-9-5-11-28-17)14-6-2-1-3-7-14/h1-11,13,20,23H,12H2,(H,24,25,26)/p+1/t20-/m0/s1. The summed E-state index contributed by atoms with van der Waals surface area (Å²) in [7, 11) is 0. The number of fused-ring (bicyclic) bond motifs is 1. The Morgan fingerprint density at radius 3 is 2.62 bits per heavy atom. The lowest BCUT2D eigenvalue weighted by atomic mass is 10.0. The number of furan rings is 2. The smallest absolute Gasteiger partial charge is 0.260 e. The fourth-order valence-electron chi connectivity index (χ4n) is 3.48. The van der Waals surface area contributed by atoms with Crippen molar-refractivity contribution >= 4 is 21.6 Å². The average molecular weight is 404 g/mol. The number of aromatic nitrogens is 2. The summed E-state index contributed by atoms with van der Waals surface area (Å²) in [6, 6.07) is 17.6. The van der Waals surface area contributed by atoms with Crippen LogP contribution in [0.5, 0.6) is 0 Å². The van der Waals surface area contributed by atoms with E-state index in [2.05, 4.69) is 27.4 Å². The zero-order valence-corrected chi connectivity index (χ0v) is 16.2. The highest BCUT2D eigenvalue weighted by atomic mass is 32.1. The van der Waals surface area contributed by atoms with Gasteiger partial charge >= 0.3 is 0 Å². The molecule has 0 saturated heterocycles. The molecule has 0 bridgehead atoms. The first-order chi connectivity index (χ1) is 14.3. The van der Waals surface area contributed by atoms with Crippen molar-refractivity contribution in [1.82, 2.24) is 9.97 Å². The molecule has 3 N–H and O–H groups in total. The summed E-state index contributed by atoms with van der Waals surface area (Å²) in [6.07, 6.45) is 3.27. The van der Waals surface area contributed by atoms with Gasteiger partial charge in [0.2, 0.25) is 0 Å². The molecule has 0 spiro atoms. The number of hydrogen-bond acceptors (Lipinski definition) is 5. The molecule has 0 saturated carbocycles. The second kappa shape index (κ2) is 7.54. The number of aromatic amines is 1. The summed E-state index contributed by atoms with van der Waals surface area (Å²) in [5, 5.41) is 4.59. The lowest BCUT2D eigenvalue weighted by Gasteiger charge is -2.13. The van der Waals surface area contributed by atoms with E-state index in [4.69, 9.17) is 8.83 Å². The number of rotatable bonds is 6. The van der Waals surface area contributed by atoms with Crippen molar-refractivity contribution in [3.8, 4) is 11.3 Å². The molecule has 0 aliphatic rings. The molecule has 4 aromatic heterocycles. The SMILES string of the molecule is O=c1[nH]c(C[NH2+][C@@H](c2ccccc2)c2ccco2)nc2scc(-c3ccco3)c12. The minimum absolute atomic E-state index is 0.0192. The van der Waals surface area contributed by atoms with Crippen molar-refractivity contribution < 1.29 is 14.2 Å². The van der Waals surface area contributed by atoms with E-state index in [1.54, 1.807) is 12.5 Å². The van der Waals surface area contributed by atoms with Gasteiger partial charge in [-0.2, -0.15) is 0 Å². The number of nitrogens with zero attached hydrogens (tertiary/aromatic N) is 1. The van der Waals surface area contributed by atoms with Crippen LogP contribution in [0.2, 0.25) is 0 Å². The van der Waals surface area contributed by atoms with E-state index in [-0.39, 0.29) is 11.6 Å². The quantitative estimate of drug-likeness (QED) is 0.452. The summed E-state index contributed by atoms with van der Waals surface area (Å²) in [4.78, 5) is 21.1. The summed E-state index contributed by atoms with van der Waals surface area (Å²) < 4.78 is 11.1. The van der Waals surface area contributed by atoms with Crippen molar-refractivity contribution in [1.29, 1.82) is 0 Å². The first-order valence-corrected chi connectivity index (χ1v) is 10.1. The highest BCUT2D eigenvalue weighted by Crippen LogP contribution is 2.30. The summed E-state index contributed by atoms with van der Waals surface area (Å²) in [6.45, 7) is 0.513. The number of hydrogen-bond donors (Lipinski definition) is 2. The Hall–Kier alpha value is -3.42. The Morgan fingerprint density at radius 1 is 1.03 bits per heavy atom. The molecule has 6 nitrogen and oxygen atoms in total. The molecule has 1 aromatic carbocycles. The highest BCUT2D eigenvalue weighted by Gasteiger charge is 2.21. The van der Waals surface area contributed by atoms with Crippen LogP contribution in [0, 0.1) is 0 Å². The largest absolute Gasteiger partial charge is 0.464 e. The maximum Gasteiger partial charge on any atom is 0.260 e. The molecule has 5 aromatic rings. The molecule has 0 amide bonds. The average Bonchev–Trinajstić information content (AvgIpc) is 3.50. The monoisotopic (exact) mass is 404 g/mol. The van der Waals surface area contributed by atoms with Gasteiger partial charge in [-0.1, -0.05) is 30.3 Å². The van der Waals surface area contributed by atoms with E-state index in [0.717, 1.165) is 16.9 Å². The fraction of sp³-hybridized carbons (Fsp3) is 0.0909. The Bertz CT molecular complexity index is 1270. The van der Waals surface area contributed by atoms with E-state index >= 15 is 0 Å². The van der Waals surface area contributed by atoms with Gasteiger partial charge in [0.15, 0.2) is 17.6 Å². The third kappa shape index (κ3) is 3.41. The van der Waals surface area contributed by atoms with E-state index in [1.807, 2.05) is 47.8 Å². The van der Waals surface area contributed by atoms with Gasteiger partial charge in [0.05, 0.1) is 17.9 Å². The highest BCUT2D eigenvalue weighted by molar-refractivity contribution is 7.17. The van der Waals surface area contributed by atoms with Crippen LogP contribution in [0.15, 0.2) is 86.1 Å². The summed E-state index contributed by atoms with van der Waals surface area (Å²) in [5.41, 5.74) is 1.75.